The van der Waals surface area contributed by atoms with Gasteiger partial charge in [-0.2, -0.15) is 0 Å². The van der Waals surface area contributed by atoms with Crippen molar-refractivity contribution in [3.8, 4) is 0 Å². The highest BCUT2D eigenvalue weighted by atomic mass is 19.1. The molecule has 2 N–H and O–H groups in total. The summed E-state index contributed by atoms with van der Waals surface area (Å²) in [7, 11) is 0. The predicted molar refractivity (Wildman–Crippen MR) is 72.1 cm³/mol. The molecule has 3 nitrogen and oxygen atoms in total. The summed E-state index contributed by atoms with van der Waals surface area (Å²) >= 11 is 0. The molecule has 0 saturated carbocycles. The Bertz CT molecular complexity index is 424. The van der Waals surface area contributed by atoms with Crippen molar-refractivity contribution in [2.75, 3.05) is 11.9 Å². The number of halogens is 1. The van der Waals surface area contributed by atoms with Crippen LogP contribution in [0.2, 0.25) is 0 Å². The molecule has 4 heteroatoms. The molecule has 0 atom stereocenters. The minimum atomic E-state index is -0.305. The van der Waals surface area contributed by atoms with Crippen molar-refractivity contribution in [2.45, 2.75) is 39.7 Å². The molecule has 1 rings (SSSR count). The van der Waals surface area contributed by atoms with E-state index in [1.54, 1.807) is 19.1 Å². The maximum atomic E-state index is 13.3. The van der Waals surface area contributed by atoms with Crippen LogP contribution >= 0.6 is 0 Å². The van der Waals surface area contributed by atoms with E-state index >= 15 is 0 Å². The Morgan fingerprint density at radius 1 is 1.33 bits per heavy atom. The molecule has 0 radical (unpaired) electrons. The minimum absolute atomic E-state index is 0.00372. The number of rotatable bonds is 4. The van der Waals surface area contributed by atoms with Gasteiger partial charge in [-0.3, -0.25) is 4.79 Å². The monoisotopic (exact) mass is 252 g/mol. The van der Waals surface area contributed by atoms with Gasteiger partial charge in [0, 0.05) is 24.2 Å². The quantitative estimate of drug-likeness (QED) is 0.865. The number of carbonyl (C=O) groups is 1. The van der Waals surface area contributed by atoms with E-state index in [2.05, 4.69) is 10.6 Å². The first kappa shape index (κ1) is 14.6. The molecule has 0 saturated heterocycles. The topological polar surface area (TPSA) is 41.1 Å². The molecule has 1 aromatic carbocycles. The molecule has 0 aliphatic carbocycles. The molecule has 0 fully saturated rings. The van der Waals surface area contributed by atoms with Crippen LogP contribution in [0.15, 0.2) is 18.2 Å². The van der Waals surface area contributed by atoms with Gasteiger partial charge in [0.15, 0.2) is 0 Å². The maximum Gasteiger partial charge on any atom is 0.225 e. The average Bonchev–Trinajstić information content (AvgIpc) is 2.21. The zero-order chi connectivity index (χ0) is 13.8. The van der Waals surface area contributed by atoms with Gasteiger partial charge in [-0.15, -0.1) is 0 Å². The lowest BCUT2D eigenvalue weighted by Crippen LogP contribution is -2.37. The van der Waals surface area contributed by atoms with Crippen molar-refractivity contribution in [1.82, 2.24) is 5.32 Å². The van der Waals surface area contributed by atoms with E-state index in [-0.39, 0.29) is 17.3 Å². The summed E-state index contributed by atoms with van der Waals surface area (Å²) in [5, 5.41) is 5.90. The SMILES string of the molecule is Cc1ccc(NC(=O)CCNC(C)(C)C)cc1F. The first-order valence-electron chi connectivity index (χ1n) is 6.09. The molecule has 0 bridgehead atoms. The zero-order valence-corrected chi connectivity index (χ0v) is 11.4. The first-order chi connectivity index (χ1) is 8.28. The van der Waals surface area contributed by atoms with Crippen LogP contribution in [-0.2, 0) is 4.79 Å². The molecule has 0 aliphatic rings. The highest BCUT2D eigenvalue weighted by Crippen LogP contribution is 2.13. The van der Waals surface area contributed by atoms with E-state index in [0.717, 1.165) is 0 Å². The molecule has 18 heavy (non-hydrogen) atoms. The average molecular weight is 252 g/mol. The van der Waals surface area contributed by atoms with Gasteiger partial charge in [-0.25, -0.2) is 4.39 Å². The lowest BCUT2D eigenvalue weighted by atomic mass is 10.1. The van der Waals surface area contributed by atoms with Crippen LogP contribution < -0.4 is 10.6 Å². The number of nitrogens with one attached hydrogen (secondary N) is 2. The van der Waals surface area contributed by atoms with E-state index in [4.69, 9.17) is 0 Å². The van der Waals surface area contributed by atoms with Crippen LogP contribution in [-0.4, -0.2) is 18.0 Å². The molecule has 0 aromatic heterocycles. The molecule has 1 amide bonds. The summed E-state index contributed by atoms with van der Waals surface area (Å²) in [6.07, 6.45) is 0.368. The van der Waals surface area contributed by atoms with Gasteiger partial charge in [0.25, 0.3) is 0 Å². The molecule has 100 valence electrons. The second-order valence-corrected chi connectivity index (χ2v) is 5.44. The van der Waals surface area contributed by atoms with Crippen LogP contribution in [0, 0.1) is 12.7 Å². The Labute approximate surface area is 108 Å². The smallest absolute Gasteiger partial charge is 0.225 e. The lowest BCUT2D eigenvalue weighted by molar-refractivity contribution is -0.116. The Morgan fingerprint density at radius 3 is 2.56 bits per heavy atom. The second-order valence-electron chi connectivity index (χ2n) is 5.44. The lowest BCUT2D eigenvalue weighted by Gasteiger charge is -2.20. The van der Waals surface area contributed by atoms with Gasteiger partial charge in [-0.05, 0) is 45.4 Å². The Kier molecular flexibility index (Phi) is 4.84. The third-order valence-electron chi connectivity index (χ3n) is 2.46. The first-order valence-corrected chi connectivity index (χ1v) is 6.09. The number of hydrogen-bond acceptors (Lipinski definition) is 2. The van der Waals surface area contributed by atoms with Crippen molar-refractivity contribution >= 4 is 11.6 Å². The van der Waals surface area contributed by atoms with Gasteiger partial charge in [-0.1, -0.05) is 6.07 Å². The third kappa shape index (κ3) is 5.27. The van der Waals surface area contributed by atoms with E-state index in [0.29, 0.717) is 24.2 Å². The number of amides is 1. The van der Waals surface area contributed by atoms with Crippen molar-refractivity contribution in [1.29, 1.82) is 0 Å². The Morgan fingerprint density at radius 2 is 2.00 bits per heavy atom. The van der Waals surface area contributed by atoms with Crippen molar-refractivity contribution in [3.05, 3.63) is 29.6 Å². The van der Waals surface area contributed by atoms with Crippen molar-refractivity contribution < 1.29 is 9.18 Å². The maximum absolute atomic E-state index is 13.3. The number of carbonyl (C=O) groups excluding carboxylic acids is 1. The van der Waals surface area contributed by atoms with Crippen molar-refractivity contribution in [3.63, 3.8) is 0 Å². The normalized spacial score (nSPS) is 11.4. The molecule has 0 unspecified atom stereocenters. The number of hydrogen-bond donors (Lipinski definition) is 2. The predicted octanol–water partition coefficient (Wildman–Crippen LogP) is 2.85. The van der Waals surface area contributed by atoms with Gasteiger partial charge in [0.05, 0.1) is 0 Å². The number of benzene rings is 1. The Balaban J connectivity index is 2.42. The molecule has 0 aliphatic heterocycles. The minimum Gasteiger partial charge on any atom is -0.326 e. The third-order valence-corrected chi connectivity index (χ3v) is 2.46. The van der Waals surface area contributed by atoms with Crippen LogP contribution in [0.1, 0.15) is 32.8 Å². The van der Waals surface area contributed by atoms with Crippen LogP contribution in [0.4, 0.5) is 10.1 Å². The molecule has 0 spiro atoms. The summed E-state index contributed by atoms with van der Waals surface area (Å²) in [6.45, 7) is 8.42. The molecular weight excluding hydrogens is 231 g/mol. The van der Waals surface area contributed by atoms with E-state index < -0.39 is 0 Å². The Hall–Kier alpha value is -1.42. The van der Waals surface area contributed by atoms with Gasteiger partial charge in [0.2, 0.25) is 5.91 Å². The van der Waals surface area contributed by atoms with E-state index in [1.807, 2.05) is 20.8 Å². The number of anilines is 1. The summed E-state index contributed by atoms with van der Waals surface area (Å²) in [4.78, 5) is 11.6. The zero-order valence-electron chi connectivity index (χ0n) is 11.4. The van der Waals surface area contributed by atoms with Crippen molar-refractivity contribution in [2.24, 2.45) is 0 Å². The summed E-state index contributed by atoms with van der Waals surface area (Å²) in [5.74, 6) is -0.421. The number of aryl methyl sites for hydroxylation is 1. The summed E-state index contributed by atoms with van der Waals surface area (Å²) in [6, 6.07) is 4.69. The van der Waals surface area contributed by atoms with Crippen LogP contribution in [0.5, 0.6) is 0 Å². The largest absolute Gasteiger partial charge is 0.326 e. The van der Waals surface area contributed by atoms with Gasteiger partial charge < -0.3 is 10.6 Å². The fraction of sp³-hybridized carbons (Fsp3) is 0.500. The van der Waals surface area contributed by atoms with E-state index in [9.17, 15) is 9.18 Å². The summed E-state index contributed by atoms with van der Waals surface area (Å²) < 4.78 is 13.3. The fourth-order valence-electron chi connectivity index (χ4n) is 1.45. The summed E-state index contributed by atoms with van der Waals surface area (Å²) in [5.41, 5.74) is 1.07. The molecule has 0 heterocycles. The van der Waals surface area contributed by atoms with Crippen LogP contribution in [0.25, 0.3) is 0 Å². The van der Waals surface area contributed by atoms with Crippen LogP contribution in [0.3, 0.4) is 0 Å². The van der Waals surface area contributed by atoms with E-state index in [1.165, 1.54) is 6.07 Å². The standard InChI is InChI=1S/C14H21FN2O/c1-10-5-6-11(9-12(10)15)17-13(18)7-8-16-14(2,3)4/h5-6,9,16H,7-8H2,1-4H3,(H,17,18). The van der Waals surface area contributed by atoms with Gasteiger partial charge in [0.1, 0.15) is 5.82 Å². The molecule has 1 aromatic rings. The van der Waals surface area contributed by atoms with Gasteiger partial charge >= 0.3 is 0 Å². The second kappa shape index (κ2) is 5.96. The highest BCUT2D eigenvalue weighted by Gasteiger charge is 2.10. The molecular formula is C14H21FN2O. The fourth-order valence-corrected chi connectivity index (χ4v) is 1.45. The highest BCUT2D eigenvalue weighted by molar-refractivity contribution is 5.90.